The molecule has 1 aliphatic rings. The summed E-state index contributed by atoms with van der Waals surface area (Å²) >= 11 is 0. The van der Waals surface area contributed by atoms with Crippen LogP contribution < -0.4 is 10.6 Å². The number of hydrogen-bond donors (Lipinski definition) is 3. The van der Waals surface area contributed by atoms with Crippen LogP contribution in [0.3, 0.4) is 0 Å². The molecule has 1 unspecified atom stereocenters. The summed E-state index contributed by atoms with van der Waals surface area (Å²) in [7, 11) is 0. The average molecular weight is 315 g/mol. The number of urea groups is 1. The van der Waals surface area contributed by atoms with Crippen molar-refractivity contribution in [1.29, 1.82) is 0 Å². The summed E-state index contributed by atoms with van der Waals surface area (Å²) in [6.07, 6.45) is 5.08. The Bertz CT molecular complexity index is 650. The highest BCUT2D eigenvalue weighted by molar-refractivity contribution is 5.74. The first-order valence-electron chi connectivity index (χ1n) is 7.72. The first kappa shape index (κ1) is 15.5. The van der Waals surface area contributed by atoms with E-state index in [0.717, 1.165) is 24.1 Å². The highest BCUT2D eigenvalue weighted by Gasteiger charge is 2.42. The van der Waals surface area contributed by atoms with Gasteiger partial charge >= 0.3 is 6.03 Å². The smallest absolute Gasteiger partial charge is 0.315 e. The summed E-state index contributed by atoms with van der Waals surface area (Å²) in [5.41, 5.74) is 1.84. The molecule has 1 aromatic heterocycles. The Morgan fingerprint density at radius 1 is 1.39 bits per heavy atom. The number of hydrogen-bond acceptors (Lipinski definition) is 4. The molecule has 0 bridgehead atoms. The number of aromatic nitrogens is 3. The predicted octanol–water partition coefficient (Wildman–Crippen LogP) is 1.40. The molecule has 3 rings (SSSR count). The van der Waals surface area contributed by atoms with Gasteiger partial charge in [0, 0.05) is 12.0 Å². The van der Waals surface area contributed by atoms with Crippen molar-refractivity contribution in [2.75, 3.05) is 13.2 Å². The number of benzene rings is 1. The normalized spacial score (nSPS) is 16.6. The Labute approximate surface area is 134 Å². The minimum atomic E-state index is -0.211. The summed E-state index contributed by atoms with van der Waals surface area (Å²) in [6, 6.07) is 7.47. The molecular formula is C16H21N5O2. The van der Waals surface area contributed by atoms with E-state index < -0.39 is 0 Å². The van der Waals surface area contributed by atoms with Gasteiger partial charge in [-0.3, -0.25) is 0 Å². The Balaban J connectivity index is 1.53. The van der Waals surface area contributed by atoms with Gasteiger partial charge in [-0.1, -0.05) is 12.1 Å². The molecule has 23 heavy (non-hydrogen) atoms. The molecule has 1 atom stereocenters. The van der Waals surface area contributed by atoms with E-state index in [9.17, 15) is 9.90 Å². The van der Waals surface area contributed by atoms with Gasteiger partial charge < -0.3 is 15.7 Å². The van der Waals surface area contributed by atoms with Crippen LogP contribution in [0.2, 0.25) is 0 Å². The number of rotatable bonds is 6. The van der Waals surface area contributed by atoms with Crippen LogP contribution >= 0.6 is 0 Å². The minimum Gasteiger partial charge on any atom is -0.396 e. The highest BCUT2D eigenvalue weighted by Crippen LogP contribution is 2.44. The van der Waals surface area contributed by atoms with Crippen molar-refractivity contribution in [1.82, 2.24) is 25.4 Å². The standard InChI is InChI=1S/C16H21N5O2/c1-12(20-15(23)18-8-16(9-22)6-7-16)13-2-4-14(5-3-13)21-11-17-10-19-21/h2-5,10-12,22H,6-9H2,1H3,(H2,18,20,23). The number of nitrogens with zero attached hydrogens (tertiary/aromatic N) is 3. The second-order valence-electron chi connectivity index (χ2n) is 6.14. The summed E-state index contributed by atoms with van der Waals surface area (Å²) in [5, 5.41) is 19.1. The molecular weight excluding hydrogens is 294 g/mol. The number of carbonyl (C=O) groups excluding carboxylic acids is 1. The number of aliphatic hydroxyl groups is 1. The van der Waals surface area contributed by atoms with Crippen LogP contribution in [0, 0.1) is 5.41 Å². The van der Waals surface area contributed by atoms with Crippen molar-refractivity contribution in [2.45, 2.75) is 25.8 Å². The zero-order chi connectivity index (χ0) is 16.3. The van der Waals surface area contributed by atoms with Crippen molar-refractivity contribution in [3.63, 3.8) is 0 Å². The van der Waals surface area contributed by atoms with Gasteiger partial charge in [-0.05, 0) is 37.5 Å². The lowest BCUT2D eigenvalue weighted by Crippen LogP contribution is -2.40. The number of carbonyl (C=O) groups is 1. The van der Waals surface area contributed by atoms with Gasteiger partial charge in [0.2, 0.25) is 0 Å². The molecule has 3 N–H and O–H groups in total. The number of amides is 2. The van der Waals surface area contributed by atoms with Gasteiger partial charge in [-0.15, -0.1) is 0 Å². The maximum Gasteiger partial charge on any atom is 0.315 e. The Kier molecular flexibility index (Phi) is 4.29. The molecule has 0 aliphatic heterocycles. The van der Waals surface area contributed by atoms with E-state index in [1.807, 2.05) is 31.2 Å². The molecule has 1 aromatic carbocycles. The number of nitrogens with one attached hydrogen (secondary N) is 2. The quantitative estimate of drug-likeness (QED) is 0.751. The third kappa shape index (κ3) is 3.68. The van der Waals surface area contributed by atoms with Crippen LogP contribution in [-0.4, -0.2) is 39.1 Å². The summed E-state index contributed by atoms with van der Waals surface area (Å²) in [6.45, 7) is 2.59. The third-order valence-corrected chi connectivity index (χ3v) is 4.34. The van der Waals surface area contributed by atoms with Crippen LogP contribution in [0.1, 0.15) is 31.4 Å². The van der Waals surface area contributed by atoms with Crippen molar-refractivity contribution < 1.29 is 9.90 Å². The van der Waals surface area contributed by atoms with Gasteiger partial charge in [-0.2, -0.15) is 5.10 Å². The lowest BCUT2D eigenvalue weighted by atomic mass is 10.1. The summed E-state index contributed by atoms with van der Waals surface area (Å²) in [5.74, 6) is 0. The second-order valence-corrected chi connectivity index (χ2v) is 6.14. The molecule has 7 heteroatoms. The van der Waals surface area contributed by atoms with Crippen LogP contribution in [0.5, 0.6) is 0 Å². The fourth-order valence-corrected chi connectivity index (χ4v) is 2.42. The van der Waals surface area contributed by atoms with E-state index in [-0.39, 0.29) is 24.1 Å². The molecule has 0 saturated heterocycles. The lowest BCUT2D eigenvalue weighted by molar-refractivity contribution is 0.202. The Hall–Kier alpha value is -2.41. The molecule has 2 aromatic rings. The number of aliphatic hydroxyl groups excluding tert-OH is 1. The fourth-order valence-electron chi connectivity index (χ4n) is 2.42. The molecule has 2 amide bonds. The maximum atomic E-state index is 11.9. The van der Waals surface area contributed by atoms with Crippen LogP contribution in [-0.2, 0) is 0 Å². The second kappa shape index (κ2) is 6.37. The summed E-state index contributed by atoms with van der Waals surface area (Å²) < 4.78 is 1.68. The van der Waals surface area contributed by atoms with Gasteiger partial charge in [0.15, 0.2) is 0 Å². The van der Waals surface area contributed by atoms with Gasteiger partial charge in [0.25, 0.3) is 0 Å². The van der Waals surface area contributed by atoms with Crippen LogP contribution in [0.4, 0.5) is 4.79 Å². The van der Waals surface area contributed by atoms with Gasteiger partial charge in [-0.25, -0.2) is 14.5 Å². The molecule has 0 radical (unpaired) electrons. The topological polar surface area (TPSA) is 92.1 Å². The van der Waals surface area contributed by atoms with Gasteiger partial charge in [0.1, 0.15) is 12.7 Å². The lowest BCUT2D eigenvalue weighted by Gasteiger charge is -2.17. The SMILES string of the molecule is CC(NC(=O)NCC1(CO)CC1)c1ccc(-n2cncn2)cc1. The largest absolute Gasteiger partial charge is 0.396 e. The van der Waals surface area contributed by atoms with Crippen molar-refractivity contribution in [3.8, 4) is 5.69 Å². The highest BCUT2D eigenvalue weighted by atomic mass is 16.3. The van der Waals surface area contributed by atoms with E-state index in [1.165, 1.54) is 6.33 Å². The zero-order valence-electron chi connectivity index (χ0n) is 13.1. The molecule has 1 aliphatic carbocycles. The van der Waals surface area contributed by atoms with Crippen molar-refractivity contribution >= 4 is 6.03 Å². The average Bonchev–Trinajstić information content (AvgIpc) is 3.15. The Morgan fingerprint density at radius 2 is 2.13 bits per heavy atom. The van der Waals surface area contributed by atoms with E-state index in [4.69, 9.17) is 0 Å². The molecule has 0 spiro atoms. The van der Waals surface area contributed by atoms with E-state index in [2.05, 4.69) is 20.7 Å². The van der Waals surface area contributed by atoms with Crippen molar-refractivity contribution in [2.24, 2.45) is 5.41 Å². The van der Waals surface area contributed by atoms with E-state index in [1.54, 1.807) is 11.0 Å². The van der Waals surface area contributed by atoms with Crippen molar-refractivity contribution in [3.05, 3.63) is 42.5 Å². The first-order chi connectivity index (χ1) is 11.1. The van der Waals surface area contributed by atoms with E-state index in [0.29, 0.717) is 6.54 Å². The molecule has 1 heterocycles. The van der Waals surface area contributed by atoms with Gasteiger partial charge in [0.05, 0.1) is 18.3 Å². The Morgan fingerprint density at radius 3 is 2.70 bits per heavy atom. The molecule has 7 nitrogen and oxygen atoms in total. The van der Waals surface area contributed by atoms with E-state index >= 15 is 0 Å². The molecule has 1 fully saturated rings. The fraction of sp³-hybridized carbons (Fsp3) is 0.438. The molecule has 1 saturated carbocycles. The molecule has 122 valence electrons. The van der Waals surface area contributed by atoms with Crippen LogP contribution in [0.15, 0.2) is 36.9 Å². The summed E-state index contributed by atoms with van der Waals surface area (Å²) in [4.78, 5) is 15.9. The monoisotopic (exact) mass is 315 g/mol. The predicted molar refractivity (Wildman–Crippen MR) is 85.1 cm³/mol. The minimum absolute atomic E-state index is 0.0833. The third-order valence-electron chi connectivity index (χ3n) is 4.34. The first-order valence-corrected chi connectivity index (χ1v) is 7.72. The maximum absolute atomic E-state index is 11.9. The van der Waals surface area contributed by atoms with Crippen LogP contribution in [0.25, 0.3) is 5.69 Å². The zero-order valence-corrected chi connectivity index (χ0v) is 13.1.